The minimum atomic E-state index is -0.450. The van der Waals surface area contributed by atoms with Gasteiger partial charge in [-0.3, -0.25) is 4.79 Å². The van der Waals surface area contributed by atoms with Gasteiger partial charge in [-0.25, -0.2) is 0 Å². The second-order valence-corrected chi connectivity index (χ2v) is 2.56. The predicted octanol–water partition coefficient (Wildman–Crippen LogP) is 1.62. The quantitative estimate of drug-likeness (QED) is 0.485. The van der Waals surface area contributed by atoms with Gasteiger partial charge >= 0.3 is 0 Å². The van der Waals surface area contributed by atoms with E-state index in [4.69, 9.17) is 0 Å². The zero-order chi connectivity index (χ0) is 7.49. The molecule has 0 aliphatic heterocycles. The SMILES string of the molecule is CC#CC(C)(C)C(C)=O. The van der Waals surface area contributed by atoms with E-state index < -0.39 is 5.41 Å². The Balaban J connectivity index is 4.32. The van der Waals surface area contributed by atoms with Crippen molar-refractivity contribution in [2.75, 3.05) is 0 Å². The minimum Gasteiger partial charge on any atom is -0.298 e. The molecule has 1 nitrogen and oxygen atoms in total. The second kappa shape index (κ2) is 2.68. The Bertz CT molecular complexity index is 167. The van der Waals surface area contributed by atoms with E-state index in [1.807, 2.05) is 13.8 Å². The van der Waals surface area contributed by atoms with Crippen LogP contribution in [0.15, 0.2) is 0 Å². The molecule has 0 aliphatic rings. The summed E-state index contributed by atoms with van der Waals surface area (Å²) < 4.78 is 0. The van der Waals surface area contributed by atoms with Crippen LogP contribution in [-0.2, 0) is 4.79 Å². The van der Waals surface area contributed by atoms with Gasteiger partial charge in [0, 0.05) is 0 Å². The summed E-state index contributed by atoms with van der Waals surface area (Å²) in [5.74, 6) is 5.66. The number of carbonyl (C=O) groups excluding carboxylic acids is 1. The summed E-state index contributed by atoms with van der Waals surface area (Å²) in [4.78, 5) is 10.8. The van der Waals surface area contributed by atoms with Gasteiger partial charge in [0.1, 0.15) is 5.78 Å². The van der Waals surface area contributed by atoms with Crippen LogP contribution in [0.3, 0.4) is 0 Å². The maximum absolute atomic E-state index is 10.8. The summed E-state index contributed by atoms with van der Waals surface area (Å²) in [6.07, 6.45) is 0. The van der Waals surface area contributed by atoms with Crippen LogP contribution in [0.1, 0.15) is 27.7 Å². The molecular weight excluding hydrogens is 112 g/mol. The molecule has 0 atom stereocenters. The lowest BCUT2D eigenvalue weighted by Crippen LogP contribution is -2.18. The van der Waals surface area contributed by atoms with Crippen LogP contribution in [0.25, 0.3) is 0 Å². The standard InChI is InChI=1S/C8H12O/c1-5-6-8(3,4)7(2)9/h1-4H3. The molecule has 0 radical (unpaired) electrons. The van der Waals surface area contributed by atoms with Crippen molar-refractivity contribution >= 4 is 5.78 Å². The van der Waals surface area contributed by atoms with Gasteiger partial charge in [0.25, 0.3) is 0 Å². The topological polar surface area (TPSA) is 17.1 Å². The van der Waals surface area contributed by atoms with Crippen LogP contribution in [-0.4, -0.2) is 5.78 Å². The highest BCUT2D eigenvalue weighted by atomic mass is 16.1. The first kappa shape index (κ1) is 8.23. The third-order valence-corrected chi connectivity index (χ3v) is 1.32. The average Bonchev–Trinajstić information content (AvgIpc) is 1.65. The fourth-order valence-corrected chi connectivity index (χ4v) is 0.401. The molecule has 0 aromatic carbocycles. The lowest BCUT2D eigenvalue weighted by Gasteiger charge is -2.11. The van der Waals surface area contributed by atoms with Crippen LogP contribution in [0.4, 0.5) is 0 Å². The van der Waals surface area contributed by atoms with Crippen molar-refractivity contribution in [3.8, 4) is 11.8 Å². The van der Waals surface area contributed by atoms with E-state index in [2.05, 4.69) is 11.8 Å². The Morgan fingerprint density at radius 1 is 1.44 bits per heavy atom. The van der Waals surface area contributed by atoms with Gasteiger partial charge < -0.3 is 0 Å². The Morgan fingerprint density at radius 2 is 1.89 bits per heavy atom. The Morgan fingerprint density at radius 3 is 2.00 bits per heavy atom. The molecule has 1 heteroatoms. The first-order valence-electron chi connectivity index (χ1n) is 2.95. The fraction of sp³-hybridized carbons (Fsp3) is 0.625. The maximum Gasteiger partial charge on any atom is 0.147 e. The molecule has 0 aromatic rings. The lowest BCUT2D eigenvalue weighted by atomic mass is 9.90. The van der Waals surface area contributed by atoms with Crippen LogP contribution < -0.4 is 0 Å². The molecule has 0 bridgehead atoms. The molecule has 0 fully saturated rings. The van der Waals surface area contributed by atoms with Crippen molar-refractivity contribution < 1.29 is 4.79 Å². The summed E-state index contributed by atoms with van der Waals surface area (Å²) in [5, 5.41) is 0. The van der Waals surface area contributed by atoms with E-state index in [1.165, 1.54) is 0 Å². The summed E-state index contributed by atoms with van der Waals surface area (Å²) in [6, 6.07) is 0. The van der Waals surface area contributed by atoms with Crippen LogP contribution in [0, 0.1) is 17.3 Å². The molecule has 0 aromatic heterocycles. The molecule has 0 saturated heterocycles. The molecule has 0 N–H and O–H groups in total. The van der Waals surface area contributed by atoms with Crippen LogP contribution >= 0.6 is 0 Å². The number of hydrogen-bond acceptors (Lipinski definition) is 1. The molecule has 0 heterocycles. The largest absolute Gasteiger partial charge is 0.298 e. The number of Topliss-reactive ketones (excluding diaryl/α,β-unsaturated/α-hetero) is 1. The number of hydrogen-bond donors (Lipinski definition) is 0. The number of carbonyl (C=O) groups is 1. The molecule has 50 valence electrons. The second-order valence-electron chi connectivity index (χ2n) is 2.56. The summed E-state index contributed by atoms with van der Waals surface area (Å²) >= 11 is 0. The van der Waals surface area contributed by atoms with E-state index in [-0.39, 0.29) is 5.78 Å². The molecule has 0 spiro atoms. The molecule has 0 unspecified atom stereocenters. The third kappa shape index (κ3) is 2.32. The summed E-state index contributed by atoms with van der Waals surface area (Å²) in [5.41, 5.74) is -0.450. The highest BCUT2D eigenvalue weighted by Crippen LogP contribution is 2.13. The third-order valence-electron chi connectivity index (χ3n) is 1.32. The Labute approximate surface area is 56.5 Å². The van der Waals surface area contributed by atoms with Crippen molar-refractivity contribution in [2.24, 2.45) is 5.41 Å². The van der Waals surface area contributed by atoms with Gasteiger partial charge in [-0.2, -0.15) is 0 Å². The van der Waals surface area contributed by atoms with E-state index in [9.17, 15) is 4.79 Å². The Kier molecular flexibility index (Phi) is 2.45. The monoisotopic (exact) mass is 124 g/mol. The van der Waals surface area contributed by atoms with E-state index in [1.54, 1.807) is 13.8 Å². The van der Waals surface area contributed by atoms with Crippen molar-refractivity contribution in [2.45, 2.75) is 27.7 Å². The smallest absolute Gasteiger partial charge is 0.147 e. The molecule has 9 heavy (non-hydrogen) atoms. The normalized spacial score (nSPS) is 9.78. The van der Waals surface area contributed by atoms with Gasteiger partial charge in [-0.05, 0) is 27.7 Å². The first-order valence-corrected chi connectivity index (χ1v) is 2.95. The lowest BCUT2D eigenvalue weighted by molar-refractivity contribution is -0.122. The molecule has 0 amide bonds. The van der Waals surface area contributed by atoms with Gasteiger partial charge in [-0.1, -0.05) is 5.92 Å². The zero-order valence-corrected chi connectivity index (χ0v) is 6.41. The van der Waals surface area contributed by atoms with Gasteiger partial charge in [0.05, 0.1) is 5.41 Å². The average molecular weight is 124 g/mol. The number of rotatable bonds is 1. The molecular formula is C8H12O. The van der Waals surface area contributed by atoms with E-state index >= 15 is 0 Å². The van der Waals surface area contributed by atoms with E-state index in [0.717, 1.165) is 0 Å². The van der Waals surface area contributed by atoms with Crippen molar-refractivity contribution in [3.05, 3.63) is 0 Å². The predicted molar refractivity (Wildman–Crippen MR) is 37.9 cm³/mol. The van der Waals surface area contributed by atoms with Crippen LogP contribution in [0.5, 0.6) is 0 Å². The van der Waals surface area contributed by atoms with Gasteiger partial charge in [-0.15, -0.1) is 5.92 Å². The van der Waals surface area contributed by atoms with Crippen LogP contribution in [0.2, 0.25) is 0 Å². The van der Waals surface area contributed by atoms with Gasteiger partial charge in [0.2, 0.25) is 0 Å². The minimum absolute atomic E-state index is 0.122. The number of ketones is 1. The van der Waals surface area contributed by atoms with Gasteiger partial charge in [0.15, 0.2) is 0 Å². The molecule has 0 rings (SSSR count). The molecule has 0 aliphatic carbocycles. The zero-order valence-electron chi connectivity index (χ0n) is 6.41. The first-order chi connectivity index (χ1) is 4.00. The Hall–Kier alpha value is -0.770. The fourth-order valence-electron chi connectivity index (χ4n) is 0.401. The summed E-state index contributed by atoms with van der Waals surface area (Å²) in [7, 11) is 0. The molecule has 0 saturated carbocycles. The van der Waals surface area contributed by atoms with Crippen molar-refractivity contribution in [3.63, 3.8) is 0 Å². The highest BCUT2D eigenvalue weighted by Gasteiger charge is 2.19. The highest BCUT2D eigenvalue weighted by molar-refractivity contribution is 5.84. The maximum atomic E-state index is 10.8. The van der Waals surface area contributed by atoms with Crippen molar-refractivity contribution in [1.29, 1.82) is 0 Å². The van der Waals surface area contributed by atoms with E-state index in [0.29, 0.717) is 0 Å². The van der Waals surface area contributed by atoms with Crippen molar-refractivity contribution in [1.82, 2.24) is 0 Å². The summed E-state index contributed by atoms with van der Waals surface area (Å²) in [6.45, 7) is 6.95.